The number of nitro groups is 1. The van der Waals surface area contributed by atoms with Crippen molar-refractivity contribution in [2.45, 2.75) is 0 Å². The Balaban J connectivity index is 1.61. The number of amides is 3. The molecule has 0 aromatic carbocycles. The van der Waals surface area contributed by atoms with Crippen LogP contribution in [-0.2, 0) is 23.9 Å². The number of aliphatic carboxylic acids is 4. The number of esters is 1. The lowest BCUT2D eigenvalue weighted by Gasteiger charge is -2.14. The summed E-state index contributed by atoms with van der Waals surface area (Å²) in [5.41, 5.74) is -3.47. The smallest absolute Gasteiger partial charge is 0.356 e. The van der Waals surface area contributed by atoms with Crippen LogP contribution in [0.25, 0.3) is 0 Å². The summed E-state index contributed by atoms with van der Waals surface area (Å²) in [6, 6.07) is 8.15. The molecule has 0 bridgehead atoms. The lowest BCUT2D eigenvalue weighted by Crippen LogP contribution is -2.21. The summed E-state index contributed by atoms with van der Waals surface area (Å²) in [6.45, 7) is -4.02. The van der Waals surface area contributed by atoms with E-state index in [9.17, 15) is 58.7 Å². The third kappa shape index (κ3) is 12.0. The molecule has 4 aromatic heterocycles. The first-order chi connectivity index (χ1) is 28.4. The average Bonchev–Trinajstić information content (AvgIpc) is 3.20. The maximum Gasteiger partial charge on any atom is 0.356 e. The molecular weight excluding hydrogens is 812 g/mol. The second-order valence-electron chi connectivity index (χ2n) is 11.0. The van der Waals surface area contributed by atoms with Gasteiger partial charge in [-0.3, -0.25) is 24.5 Å². The van der Waals surface area contributed by atoms with Crippen LogP contribution in [0.1, 0.15) is 42.0 Å². The number of ether oxygens (including phenoxy) is 5. The highest BCUT2D eigenvalue weighted by atomic mass is 16.6. The monoisotopic (exact) mass is 838 g/mol. The van der Waals surface area contributed by atoms with Crippen molar-refractivity contribution >= 4 is 70.3 Å². The van der Waals surface area contributed by atoms with Crippen molar-refractivity contribution < 1.29 is 87.4 Å². The molecule has 60 heavy (non-hydrogen) atoms. The number of carboxylic acid groups (broad SMARTS) is 4. The number of anilines is 3. The molecule has 0 saturated heterocycles. The maximum atomic E-state index is 13.4. The quantitative estimate of drug-likeness (QED) is 0.0363. The highest BCUT2D eigenvalue weighted by Crippen LogP contribution is 2.29. The average molecular weight is 839 g/mol. The Bertz CT molecular complexity index is 2410. The molecule has 0 atom stereocenters. The van der Waals surface area contributed by atoms with E-state index in [1.54, 1.807) is 0 Å². The van der Waals surface area contributed by atoms with Crippen LogP contribution in [0.5, 0.6) is 23.5 Å². The summed E-state index contributed by atoms with van der Waals surface area (Å²) in [5, 5.41) is 54.5. The third-order valence-corrected chi connectivity index (χ3v) is 6.78. The number of carbonyl (C=O) groups excluding carboxylic acids is 4. The largest absolute Gasteiger partial charge is 0.479 e. The van der Waals surface area contributed by atoms with Gasteiger partial charge in [0, 0.05) is 6.07 Å². The predicted molar refractivity (Wildman–Crippen MR) is 191 cm³/mol. The fourth-order valence-corrected chi connectivity index (χ4v) is 4.29. The van der Waals surface area contributed by atoms with Crippen molar-refractivity contribution in [3.05, 3.63) is 81.4 Å². The van der Waals surface area contributed by atoms with E-state index in [-0.39, 0.29) is 22.8 Å². The summed E-state index contributed by atoms with van der Waals surface area (Å²) in [6.07, 6.45) is 0. The number of pyridine rings is 4. The lowest BCUT2D eigenvalue weighted by molar-refractivity contribution is -0.386. The van der Waals surface area contributed by atoms with Crippen molar-refractivity contribution in [1.82, 2.24) is 19.9 Å². The molecule has 0 aliphatic heterocycles. The fourth-order valence-electron chi connectivity index (χ4n) is 4.29. The van der Waals surface area contributed by atoms with E-state index < -0.39 is 125 Å². The number of hydrogen-bond acceptors (Lipinski definition) is 19. The van der Waals surface area contributed by atoms with Gasteiger partial charge in [-0.05, 0) is 42.5 Å². The summed E-state index contributed by atoms with van der Waals surface area (Å²) < 4.78 is 24.8. The van der Waals surface area contributed by atoms with E-state index in [0.717, 1.165) is 55.6 Å². The van der Waals surface area contributed by atoms with Gasteiger partial charge in [0.05, 0.1) is 12.0 Å². The van der Waals surface area contributed by atoms with Gasteiger partial charge in [-0.1, -0.05) is 0 Å². The molecule has 0 aliphatic carbocycles. The minimum absolute atomic E-state index is 0.230. The molecular formula is C33H26N8O19. The van der Waals surface area contributed by atoms with Crippen LogP contribution >= 0.6 is 0 Å². The minimum atomic E-state index is -1.50. The molecule has 4 rings (SSSR count). The lowest BCUT2D eigenvalue weighted by atomic mass is 10.2. The highest BCUT2D eigenvalue weighted by molar-refractivity contribution is 6.07. The Morgan fingerprint density at radius 2 is 0.817 bits per heavy atom. The molecule has 7 N–H and O–H groups in total. The van der Waals surface area contributed by atoms with Gasteiger partial charge in [-0.15, -0.1) is 0 Å². The van der Waals surface area contributed by atoms with Gasteiger partial charge in [0.25, 0.3) is 23.6 Å². The Hall–Kier alpha value is -9.04. The first kappa shape index (κ1) is 43.7. The maximum absolute atomic E-state index is 13.4. The predicted octanol–water partition coefficient (Wildman–Crippen LogP) is 0.572. The van der Waals surface area contributed by atoms with Gasteiger partial charge in [0.2, 0.25) is 17.6 Å². The topological polar surface area (TPSA) is 394 Å². The minimum Gasteiger partial charge on any atom is -0.479 e. The van der Waals surface area contributed by atoms with Gasteiger partial charge in [-0.2, -0.15) is 0 Å². The zero-order valence-corrected chi connectivity index (χ0v) is 30.1. The molecule has 3 amide bonds. The zero-order valence-electron chi connectivity index (χ0n) is 30.1. The molecule has 0 fully saturated rings. The normalized spacial score (nSPS) is 10.3. The van der Waals surface area contributed by atoms with Crippen LogP contribution < -0.4 is 34.9 Å². The van der Waals surface area contributed by atoms with Crippen LogP contribution in [0.2, 0.25) is 0 Å². The number of carboxylic acids is 4. The molecule has 0 aliphatic rings. The number of nitrogens with zero attached hydrogens (tertiary/aromatic N) is 5. The van der Waals surface area contributed by atoms with Gasteiger partial charge in [0.15, 0.2) is 32.1 Å². The molecule has 4 aromatic rings. The summed E-state index contributed by atoms with van der Waals surface area (Å²) in [5.74, 6) is -12.6. The van der Waals surface area contributed by atoms with Crippen LogP contribution in [0.3, 0.4) is 0 Å². The first-order valence-corrected chi connectivity index (χ1v) is 16.0. The van der Waals surface area contributed by atoms with Crippen LogP contribution in [0.4, 0.5) is 22.7 Å². The SMILES string of the molecule is COC(=O)c1ccc(NC(=O)c2ccc(NC(=O)c3ccc(NC(=O)c4ccc([N+](=O)[O-])c(OCC(=O)O)n4)c(OCC(=O)O)n3)c(OCC(=O)O)n2)c(OCC(=O)O)n1. The Kier molecular flexibility index (Phi) is 14.3. The van der Waals surface area contributed by atoms with Gasteiger partial charge in [0.1, 0.15) is 34.1 Å². The number of methoxy groups -OCH3 is 1. The standard InChI is InChI=1S/C33H26N8O19/c1-56-33(53)20-7-6-19(31(40-20)59-12-24(46)47)36-27(51)15-2-4-17(29(38-15)57-10-22(42)43)34-26(50)14-3-5-18(30(37-14)58-11-23(44)45)35-28(52)16-8-9-21(41(54)55)32(39-16)60-13-25(48)49/h2-9H,10-13H2,1H3,(H,34,50)(H,35,52)(H,36,51)(H,42,43)(H,44,45)(H,46,47)(H,48,49). The van der Waals surface area contributed by atoms with E-state index in [2.05, 4.69) is 40.6 Å². The van der Waals surface area contributed by atoms with E-state index in [4.69, 9.17) is 29.2 Å². The molecule has 0 spiro atoms. The van der Waals surface area contributed by atoms with Crippen LogP contribution in [0, 0.1) is 10.1 Å². The van der Waals surface area contributed by atoms with Gasteiger partial charge < -0.3 is 60.1 Å². The van der Waals surface area contributed by atoms with Crippen molar-refractivity contribution in [3.63, 3.8) is 0 Å². The van der Waals surface area contributed by atoms with Crippen molar-refractivity contribution in [1.29, 1.82) is 0 Å². The van der Waals surface area contributed by atoms with Gasteiger partial charge >= 0.3 is 35.5 Å². The number of carbonyl (C=O) groups is 8. The van der Waals surface area contributed by atoms with Crippen molar-refractivity contribution in [2.75, 3.05) is 49.5 Å². The third-order valence-electron chi connectivity index (χ3n) is 6.78. The summed E-state index contributed by atoms with van der Waals surface area (Å²) in [7, 11) is 1.06. The number of hydrogen-bond donors (Lipinski definition) is 7. The van der Waals surface area contributed by atoms with E-state index in [1.165, 1.54) is 0 Å². The number of aromatic nitrogens is 4. The fraction of sp³-hybridized carbons (Fsp3) is 0.152. The molecule has 27 heteroatoms. The molecule has 0 radical (unpaired) electrons. The Morgan fingerprint density at radius 3 is 1.15 bits per heavy atom. The van der Waals surface area contributed by atoms with Gasteiger partial charge in [-0.25, -0.2) is 43.9 Å². The van der Waals surface area contributed by atoms with E-state index >= 15 is 0 Å². The highest BCUT2D eigenvalue weighted by Gasteiger charge is 2.24. The van der Waals surface area contributed by atoms with Crippen molar-refractivity contribution in [3.8, 4) is 23.5 Å². The second kappa shape index (κ2) is 19.7. The van der Waals surface area contributed by atoms with Crippen LogP contribution in [-0.4, -0.2) is 126 Å². The molecule has 27 nitrogen and oxygen atoms in total. The first-order valence-electron chi connectivity index (χ1n) is 16.0. The van der Waals surface area contributed by atoms with Crippen molar-refractivity contribution in [2.24, 2.45) is 0 Å². The van der Waals surface area contributed by atoms with Crippen LogP contribution in [0.15, 0.2) is 48.5 Å². The Labute approximate surface area is 332 Å². The van der Waals surface area contributed by atoms with E-state index in [0.29, 0.717) is 0 Å². The number of rotatable bonds is 20. The molecule has 312 valence electrons. The summed E-state index contributed by atoms with van der Waals surface area (Å²) >= 11 is 0. The van der Waals surface area contributed by atoms with E-state index in [1.807, 2.05) is 0 Å². The summed E-state index contributed by atoms with van der Waals surface area (Å²) in [4.78, 5) is 122. The molecule has 4 heterocycles. The molecule has 0 unspecified atom stereocenters. The number of nitrogens with one attached hydrogen (secondary N) is 3. The zero-order chi connectivity index (χ0) is 44.1. The Morgan fingerprint density at radius 1 is 0.517 bits per heavy atom. The second-order valence-corrected chi connectivity index (χ2v) is 11.0. The molecule has 0 saturated carbocycles.